The third-order valence-electron chi connectivity index (χ3n) is 4.11. The molecule has 1 aromatic carbocycles. The molecular formula is C28H42O6. The van der Waals surface area contributed by atoms with Gasteiger partial charge in [-0.2, -0.15) is 0 Å². The monoisotopic (exact) mass is 474 g/mol. The van der Waals surface area contributed by atoms with Crippen molar-refractivity contribution >= 4 is 0 Å². The Balaban J connectivity index is 2.63. The standard InChI is InChI=1S/C28H42O6/c1-21(2)13-29-17-27(31-15-23(5)6)19-33-25-10-9-11-26(12-25)34-20-28(32-16-24(7)8)18-30-14-22(3)4/h9-12,27-28H,1,3,5,7,13-20H2,2,4,6,8H3. The van der Waals surface area contributed by atoms with Crippen molar-refractivity contribution in [2.75, 3.05) is 52.9 Å². The Bertz CT molecular complexity index is 724. The molecule has 0 bridgehead atoms. The topological polar surface area (TPSA) is 55.4 Å². The van der Waals surface area contributed by atoms with Crippen molar-refractivity contribution < 1.29 is 28.4 Å². The van der Waals surface area contributed by atoms with Gasteiger partial charge in [-0.3, -0.25) is 0 Å². The maximum atomic E-state index is 5.96. The van der Waals surface area contributed by atoms with E-state index in [9.17, 15) is 0 Å². The van der Waals surface area contributed by atoms with Crippen LogP contribution in [-0.4, -0.2) is 65.1 Å². The zero-order valence-corrected chi connectivity index (χ0v) is 21.4. The Kier molecular flexibility index (Phi) is 14.9. The van der Waals surface area contributed by atoms with E-state index < -0.39 is 0 Å². The Labute approximate surface area is 205 Å². The maximum absolute atomic E-state index is 5.96. The summed E-state index contributed by atoms with van der Waals surface area (Å²) in [6, 6.07) is 7.48. The first-order valence-electron chi connectivity index (χ1n) is 11.5. The molecule has 0 aromatic heterocycles. The molecule has 0 aliphatic heterocycles. The van der Waals surface area contributed by atoms with Crippen LogP contribution in [-0.2, 0) is 18.9 Å². The summed E-state index contributed by atoms with van der Waals surface area (Å²) in [7, 11) is 0. The molecular weight excluding hydrogens is 432 g/mol. The molecule has 0 N–H and O–H groups in total. The van der Waals surface area contributed by atoms with Crippen LogP contribution in [0.4, 0.5) is 0 Å². The minimum Gasteiger partial charge on any atom is -0.491 e. The van der Waals surface area contributed by atoms with Crippen LogP contribution in [0.25, 0.3) is 0 Å². The molecule has 0 saturated carbocycles. The number of benzene rings is 1. The Hall–Kier alpha value is -2.38. The molecule has 0 spiro atoms. The summed E-state index contributed by atoms with van der Waals surface area (Å²) in [6.45, 7) is 26.5. The molecule has 1 aromatic rings. The van der Waals surface area contributed by atoms with E-state index in [1.165, 1.54) is 0 Å². The van der Waals surface area contributed by atoms with Crippen molar-refractivity contribution in [3.8, 4) is 11.5 Å². The molecule has 0 aliphatic carbocycles. The van der Waals surface area contributed by atoms with Gasteiger partial charge in [0.25, 0.3) is 0 Å². The molecule has 0 radical (unpaired) electrons. The Morgan fingerprint density at radius 3 is 1.35 bits per heavy atom. The number of hydrogen-bond acceptors (Lipinski definition) is 6. The van der Waals surface area contributed by atoms with Gasteiger partial charge in [-0.15, -0.1) is 0 Å². The molecule has 34 heavy (non-hydrogen) atoms. The van der Waals surface area contributed by atoms with E-state index in [4.69, 9.17) is 28.4 Å². The van der Waals surface area contributed by atoms with Gasteiger partial charge in [-0.05, 0) is 39.8 Å². The lowest BCUT2D eigenvalue weighted by Crippen LogP contribution is -2.28. The lowest BCUT2D eigenvalue weighted by Gasteiger charge is -2.20. The molecule has 0 amide bonds. The molecule has 1 rings (SSSR count). The first-order valence-corrected chi connectivity index (χ1v) is 11.5. The van der Waals surface area contributed by atoms with Gasteiger partial charge in [0, 0.05) is 6.07 Å². The van der Waals surface area contributed by atoms with E-state index >= 15 is 0 Å². The third-order valence-corrected chi connectivity index (χ3v) is 4.11. The summed E-state index contributed by atoms with van der Waals surface area (Å²) in [4.78, 5) is 0. The van der Waals surface area contributed by atoms with Gasteiger partial charge in [0.1, 0.15) is 36.9 Å². The van der Waals surface area contributed by atoms with Crippen molar-refractivity contribution in [3.05, 3.63) is 72.9 Å². The molecule has 0 aliphatic rings. The van der Waals surface area contributed by atoms with Gasteiger partial charge in [0.05, 0.1) is 39.6 Å². The average molecular weight is 475 g/mol. The normalized spacial score (nSPS) is 12.6. The minimum atomic E-state index is -0.231. The maximum Gasteiger partial charge on any atom is 0.123 e. The minimum absolute atomic E-state index is 0.231. The van der Waals surface area contributed by atoms with Crippen LogP contribution in [0.2, 0.25) is 0 Å². The highest BCUT2D eigenvalue weighted by Crippen LogP contribution is 2.20. The highest BCUT2D eigenvalue weighted by molar-refractivity contribution is 5.33. The van der Waals surface area contributed by atoms with Crippen LogP contribution in [0.5, 0.6) is 11.5 Å². The molecule has 0 fully saturated rings. The second-order valence-electron chi connectivity index (χ2n) is 8.82. The van der Waals surface area contributed by atoms with Crippen molar-refractivity contribution in [2.24, 2.45) is 0 Å². The fraction of sp³-hybridized carbons (Fsp3) is 0.500. The highest BCUT2D eigenvalue weighted by Gasteiger charge is 2.14. The van der Waals surface area contributed by atoms with Gasteiger partial charge in [0.2, 0.25) is 0 Å². The number of ether oxygens (including phenoxy) is 6. The van der Waals surface area contributed by atoms with Crippen molar-refractivity contribution in [3.63, 3.8) is 0 Å². The van der Waals surface area contributed by atoms with Crippen molar-refractivity contribution in [1.82, 2.24) is 0 Å². The quantitative estimate of drug-likeness (QED) is 0.231. The molecule has 2 atom stereocenters. The first kappa shape index (κ1) is 29.7. The van der Waals surface area contributed by atoms with E-state index in [0.717, 1.165) is 22.3 Å². The fourth-order valence-corrected chi connectivity index (χ4v) is 2.57. The largest absolute Gasteiger partial charge is 0.491 e. The summed E-state index contributed by atoms with van der Waals surface area (Å²) in [5, 5.41) is 0. The summed E-state index contributed by atoms with van der Waals surface area (Å²) < 4.78 is 35.0. The summed E-state index contributed by atoms with van der Waals surface area (Å²) in [6.07, 6.45) is -0.461. The Morgan fingerprint density at radius 2 is 1.00 bits per heavy atom. The van der Waals surface area contributed by atoms with Gasteiger partial charge in [0.15, 0.2) is 0 Å². The predicted molar refractivity (Wildman–Crippen MR) is 138 cm³/mol. The van der Waals surface area contributed by atoms with Crippen LogP contribution in [0.15, 0.2) is 72.9 Å². The SMILES string of the molecule is C=C(C)COCC(COc1cccc(OCC(COCC(=C)C)OCC(=C)C)c1)OCC(=C)C. The van der Waals surface area contributed by atoms with Crippen LogP contribution in [0.1, 0.15) is 27.7 Å². The second-order valence-corrected chi connectivity index (χ2v) is 8.82. The summed E-state index contributed by atoms with van der Waals surface area (Å²) in [5.74, 6) is 1.36. The van der Waals surface area contributed by atoms with Crippen LogP contribution in [0, 0.1) is 0 Å². The van der Waals surface area contributed by atoms with Gasteiger partial charge >= 0.3 is 0 Å². The van der Waals surface area contributed by atoms with E-state index in [1.807, 2.05) is 52.0 Å². The molecule has 190 valence electrons. The number of rotatable bonds is 20. The predicted octanol–water partition coefficient (Wildman–Crippen LogP) is 5.55. The molecule has 0 heterocycles. The van der Waals surface area contributed by atoms with Crippen molar-refractivity contribution in [1.29, 1.82) is 0 Å². The summed E-state index contributed by atoms with van der Waals surface area (Å²) >= 11 is 0. The van der Waals surface area contributed by atoms with Gasteiger partial charge < -0.3 is 28.4 Å². The van der Waals surface area contributed by atoms with E-state index in [0.29, 0.717) is 64.4 Å². The zero-order chi connectivity index (χ0) is 25.3. The molecule has 6 nitrogen and oxygen atoms in total. The van der Waals surface area contributed by atoms with Gasteiger partial charge in [-0.1, -0.05) is 54.7 Å². The lowest BCUT2D eigenvalue weighted by molar-refractivity contribution is -0.0259. The van der Waals surface area contributed by atoms with Crippen LogP contribution >= 0.6 is 0 Å². The van der Waals surface area contributed by atoms with Gasteiger partial charge in [-0.25, -0.2) is 0 Å². The molecule has 0 saturated heterocycles. The highest BCUT2D eigenvalue weighted by atomic mass is 16.6. The van der Waals surface area contributed by atoms with E-state index in [1.54, 1.807) is 0 Å². The summed E-state index contributed by atoms with van der Waals surface area (Å²) in [5.41, 5.74) is 3.80. The van der Waals surface area contributed by atoms with Crippen LogP contribution in [0.3, 0.4) is 0 Å². The van der Waals surface area contributed by atoms with E-state index in [2.05, 4.69) is 26.3 Å². The Morgan fingerprint density at radius 1 is 0.618 bits per heavy atom. The first-order chi connectivity index (χ1) is 16.2. The number of hydrogen-bond donors (Lipinski definition) is 0. The fourth-order valence-electron chi connectivity index (χ4n) is 2.57. The lowest BCUT2D eigenvalue weighted by atomic mass is 10.3. The van der Waals surface area contributed by atoms with Crippen molar-refractivity contribution in [2.45, 2.75) is 39.9 Å². The molecule has 6 heteroatoms. The third kappa shape index (κ3) is 15.5. The van der Waals surface area contributed by atoms with E-state index in [-0.39, 0.29) is 12.2 Å². The second kappa shape index (κ2) is 17.1. The molecule has 2 unspecified atom stereocenters. The average Bonchev–Trinajstić information content (AvgIpc) is 2.76. The smallest absolute Gasteiger partial charge is 0.123 e. The van der Waals surface area contributed by atoms with Crippen LogP contribution < -0.4 is 9.47 Å². The zero-order valence-electron chi connectivity index (χ0n) is 21.4.